The summed E-state index contributed by atoms with van der Waals surface area (Å²) in [5, 5.41) is 2.47. The molecule has 8 aromatic carbocycles. The molecule has 0 bridgehead atoms. The summed E-state index contributed by atoms with van der Waals surface area (Å²) in [5.74, 6) is 0. The van der Waals surface area contributed by atoms with Crippen LogP contribution in [0.15, 0.2) is 206 Å². The molecule has 50 heavy (non-hydrogen) atoms. The van der Waals surface area contributed by atoms with Gasteiger partial charge in [-0.25, -0.2) is 0 Å². The van der Waals surface area contributed by atoms with Crippen LogP contribution in [0.25, 0.3) is 34.1 Å². The third kappa shape index (κ3) is 6.69. The van der Waals surface area contributed by atoms with E-state index < -0.39 is 0 Å². The molecule has 2 nitrogen and oxygen atoms in total. The smallest absolute Gasteiger partial charge is 0.0468 e. The van der Waals surface area contributed by atoms with Gasteiger partial charge in [0.2, 0.25) is 0 Å². The quantitative estimate of drug-likeness (QED) is 0.145. The van der Waals surface area contributed by atoms with Crippen molar-refractivity contribution in [1.29, 1.82) is 0 Å². The minimum atomic E-state index is 1.12. The van der Waals surface area contributed by atoms with E-state index in [1.165, 1.54) is 21.9 Å². The highest BCUT2D eigenvalue weighted by atomic mass is 15.1. The maximum absolute atomic E-state index is 2.31. The Morgan fingerprint density at radius 3 is 1.10 bits per heavy atom. The molecule has 8 aromatic rings. The lowest BCUT2D eigenvalue weighted by Crippen LogP contribution is -2.09. The molecule has 0 saturated carbocycles. The SMILES string of the molecule is C(=C/c1ccc(N(c2ccccc2)c2ccc3ccccc3c2)cc1)/c1ccc(-c2ccc(N(c3ccccc3)c3ccccc3)cc2)cc1. The summed E-state index contributed by atoms with van der Waals surface area (Å²) in [6.07, 6.45) is 4.36. The van der Waals surface area contributed by atoms with E-state index in [0.717, 1.165) is 45.3 Å². The van der Waals surface area contributed by atoms with Crippen LogP contribution in [-0.4, -0.2) is 0 Å². The fourth-order valence-corrected chi connectivity index (χ4v) is 6.46. The van der Waals surface area contributed by atoms with Gasteiger partial charge in [0.15, 0.2) is 0 Å². The molecule has 0 fully saturated rings. The highest BCUT2D eigenvalue weighted by Gasteiger charge is 2.14. The van der Waals surface area contributed by atoms with Gasteiger partial charge in [-0.15, -0.1) is 0 Å². The van der Waals surface area contributed by atoms with Crippen LogP contribution in [0.1, 0.15) is 11.1 Å². The summed E-state index contributed by atoms with van der Waals surface area (Å²) in [5.41, 5.74) is 11.5. The first-order valence-corrected chi connectivity index (χ1v) is 17.0. The first kappa shape index (κ1) is 30.7. The molecule has 0 saturated heterocycles. The van der Waals surface area contributed by atoms with Gasteiger partial charge < -0.3 is 9.80 Å². The second-order valence-corrected chi connectivity index (χ2v) is 12.3. The highest BCUT2D eigenvalue weighted by molar-refractivity contribution is 5.89. The normalized spacial score (nSPS) is 11.1. The van der Waals surface area contributed by atoms with Gasteiger partial charge in [0, 0.05) is 34.1 Å². The maximum atomic E-state index is 2.31. The molecule has 0 aliphatic rings. The summed E-state index contributed by atoms with van der Waals surface area (Å²) in [7, 11) is 0. The zero-order chi connectivity index (χ0) is 33.5. The molecule has 8 rings (SSSR count). The van der Waals surface area contributed by atoms with Crippen LogP contribution in [0.5, 0.6) is 0 Å². The van der Waals surface area contributed by atoms with E-state index in [2.05, 4.69) is 228 Å². The number of hydrogen-bond acceptors (Lipinski definition) is 2. The molecular weight excluding hydrogens is 605 g/mol. The minimum Gasteiger partial charge on any atom is -0.311 e. The molecule has 0 heterocycles. The average Bonchev–Trinajstić information content (AvgIpc) is 3.19. The molecule has 2 heteroatoms. The Morgan fingerprint density at radius 2 is 0.600 bits per heavy atom. The van der Waals surface area contributed by atoms with Crippen LogP contribution in [0.4, 0.5) is 34.1 Å². The van der Waals surface area contributed by atoms with Gasteiger partial charge in [0.25, 0.3) is 0 Å². The van der Waals surface area contributed by atoms with E-state index in [1.54, 1.807) is 0 Å². The van der Waals surface area contributed by atoms with E-state index in [-0.39, 0.29) is 0 Å². The van der Waals surface area contributed by atoms with Crippen LogP contribution in [0.2, 0.25) is 0 Å². The molecule has 0 spiro atoms. The van der Waals surface area contributed by atoms with Crippen LogP contribution in [-0.2, 0) is 0 Å². The van der Waals surface area contributed by atoms with Crippen LogP contribution < -0.4 is 9.80 Å². The number of para-hydroxylation sites is 3. The molecule has 0 aromatic heterocycles. The summed E-state index contributed by atoms with van der Waals surface area (Å²) >= 11 is 0. The van der Waals surface area contributed by atoms with Crippen molar-refractivity contribution in [3.05, 3.63) is 217 Å². The Labute approximate surface area is 294 Å². The fourth-order valence-electron chi connectivity index (χ4n) is 6.46. The number of rotatable bonds is 9. The molecule has 0 amide bonds. The lowest BCUT2D eigenvalue weighted by molar-refractivity contribution is 1.28. The second-order valence-electron chi connectivity index (χ2n) is 12.3. The van der Waals surface area contributed by atoms with Gasteiger partial charge in [0.05, 0.1) is 0 Å². The molecule has 0 radical (unpaired) electrons. The molecule has 238 valence electrons. The number of hydrogen-bond donors (Lipinski definition) is 0. The number of anilines is 6. The van der Waals surface area contributed by atoms with Crippen molar-refractivity contribution in [3.8, 4) is 11.1 Å². The summed E-state index contributed by atoms with van der Waals surface area (Å²) in [6, 6.07) is 73.1. The van der Waals surface area contributed by atoms with Gasteiger partial charge in [-0.2, -0.15) is 0 Å². The molecule has 0 unspecified atom stereocenters. The number of fused-ring (bicyclic) bond motifs is 1. The largest absolute Gasteiger partial charge is 0.311 e. The molecular formula is C48H36N2. The van der Waals surface area contributed by atoms with E-state index in [9.17, 15) is 0 Å². The monoisotopic (exact) mass is 640 g/mol. The Hall–Kier alpha value is -6.64. The Kier molecular flexibility index (Phi) is 8.73. The summed E-state index contributed by atoms with van der Waals surface area (Å²) in [6.45, 7) is 0. The third-order valence-corrected chi connectivity index (χ3v) is 9.02. The van der Waals surface area contributed by atoms with Gasteiger partial charge in [-0.3, -0.25) is 0 Å². The van der Waals surface area contributed by atoms with E-state index in [1.807, 2.05) is 0 Å². The van der Waals surface area contributed by atoms with E-state index in [0.29, 0.717) is 0 Å². The lowest BCUT2D eigenvalue weighted by Gasteiger charge is -2.26. The standard InChI is InChI=1S/C48H36N2/c1-4-14-43(15-5-1)49(44-16-6-2-7-17-44)47-33-28-41(29-34-47)40-26-22-37(23-27-40)20-21-38-24-31-46(32-25-38)50(45-18-8-3-9-19-45)48-35-30-39-12-10-11-13-42(39)36-48/h1-36H/b21-20-. The van der Waals surface area contributed by atoms with Crippen molar-refractivity contribution in [2.45, 2.75) is 0 Å². The van der Waals surface area contributed by atoms with Crippen LogP contribution in [0, 0.1) is 0 Å². The number of nitrogens with zero attached hydrogens (tertiary/aromatic N) is 2. The average molecular weight is 641 g/mol. The van der Waals surface area contributed by atoms with Crippen molar-refractivity contribution in [1.82, 2.24) is 0 Å². The lowest BCUT2D eigenvalue weighted by atomic mass is 10.0. The molecule has 0 aliphatic heterocycles. The fraction of sp³-hybridized carbons (Fsp3) is 0. The minimum absolute atomic E-state index is 1.12. The zero-order valence-corrected chi connectivity index (χ0v) is 27.7. The Balaban J connectivity index is 0.990. The first-order chi connectivity index (χ1) is 24.8. The van der Waals surface area contributed by atoms with Crippen molar-refractivity contribution in [2.75, 3.05) is 9.80 Å². The maximum Gasteiger partial charge on any atom is 0.0468 e. The van der Waals surface area contributed by atoms with Crippen molar-refractivity contribution >= 4 is 57.0 Å². The van der Waals surface area contributed by atoms with E-state index >= 15 is 0 Å². The number of benzene rings is 8. The Bertz CT molecular complexity index is 2290. The van der Waals surface area contributed by atoms with Crippen LogP contribution >= 0.6 is 0 Å². The topological polar surface area (TPSA) is 6.48 Å². The van der Waals surface area contributed by atoms with Gasteiger partial charge >= 0.3 is 0 Å². The van der Waals surface area contributed by atoms with Crippen molar-refractivity contribution in [2.24, 2.45) is 0 Å². The highest BCUT2D eigenvalue weighted by Crippen LogP contribution is 2.37. The zero-order valence-electron chi connectivity index (χ0n) is 27.7. The predicted molar refractivity (Wildman–Crippen MR) is 214 cm³/mol. The van der Waals surface area contributed by atoms with Crippen LogP contribution in [0.3, 0.4) is 0 Å². The molecule has 0 aliphatic carbocycles. The molecule has 0 atom stereocenters. The van der Waals surface area contributed by atoms with Gasteiger partial charge in [-0.1, -0.05) is 146 Å². The van der Waals surface area contributed by atoms with Crippen molar-refractivity contribution in [3.63, 3.8) is 0 Å². The second kappa shape index (κ2) is 14.2. The predicted octanol–water partition coefficient (Wildman–Crippen LogP) is 13.6. The van der Waals surface area contributed by atoms with Gasteiger partial charge in [0.1, 0.15) is 0 Å². The third-order valence-electron chi connectivity index (χ3n) is 9.02. The van der Waals surface area contributed by atoms with Gasteiger partial charge in [-0.05, 0) is 106 Å². The summed E-state index contributed by atoms with van der Waals surface area (Å²) in [4.78, 5) is 4.60. The first-order valence-electron chi connectivity index (χ1n) is 17.0. The Morgan fingerprint density at radius 1 is 0.260 bits per heavy atom. The summed E-state index contributed by atoms with van der Waals surface area (Å²) < 4.78 is 0. The van der Waals surface area contributed by atoms with E-state index in [4.69, 9.17) is 0 Å². The van der Waals surface area contributed by atoms with Crippen molar-refractivity contribution < 1.29 is 0 Å². The molecule has 0 N–H and O–H groups in total.